The summed E-state index contributed by atoms with van der Waals surface area (Å²) in [5, 5.41) is 15.0. The van der Waals surface area contributed by atoms with E-state index >= 15 is 0 Å². The standard InChI is InChI=1S/C9H16N6OS/c1-11-9(7(10)16,6-3-4-6)5-17-8-12-13-14-15(8)2/h6,11H,3-5H2,1-2H3,(H2,10,16). The number of hydrogen-bond donors (Lipinski definition) is 2. The number of carbonyl (C=O) groups is 1. The first-order valence-electron chi connectivity index (χ1n) is 5.44. The highest BCUT2D eigenvalue weighted by atomic mass is 32.2. The summed E-state index contributed by atoms with van der Waals surface area (Å²) in [7, 11) is 3.54. The van der Waals surface area contributed by atoms with Gasteiger partial charge in [0.2, 0.25) is 11.1 Å². The van der Waals surface area contributed by atoms with Crippen LogP contribution < -0.4 is 11.1 Å². The number of carbonyl (C=O) groups excluding carboxylic acids is 1. The van der Waals surface area contributed by atoms with Gasteiger partial charge in [-0.1, -0.05) is 11.8 Å². The molecular formula is C9H16N6OS. The van der Waals surface area contributed by atoms with Crippen molar-refractivity contribution in [2.75, 3.05) is 12.8 Å². The van der Waals surface area contributed by atoms with Gasteiger partial charge in [0.25, 0.3) is 0 Å². The van der Waals surface area contributed by atoms with E-state index in [-0.39, 0.29) is 5.91 Å². The van der Waals surface area contributed by atoms with Gasteiger partial charge >= 0.3 is 0 Å². The van der Waals surface area contributed by atoms with Crippen molar-refractivity contribution in [1.82, 2.24) is 25.5 Å². The van der Waals surface area contributed by atoms with E-state index in [2.05, 4.69) is 20.8 Å². The number of hydrogen-bond acceptors (Lipinski definition) is 6. The molecule has 2 rings (SSSR count). The zero-order valence-electron chi connectivity index (χ0n) is 9.88. The van der Waals surface area contributed by atoms with Gasteiger partial charge in [-0.15, -0.1) is 5.10 Å². The number of nitrogens with two attached hydrogens (primary N) is 1. The van der Waals surface area contributed by atoms with E-state index in [1.54, 1.807) is 18.8 Å². The van der Waals surface area contributed by atoms with Gasteiger partial charge in [-0.3, -0.25) is 4.79 Å². The lowest BCUT2D eigenvalue weighted by molar-refractivity contribution is -0.124. The fraction of sp³-hybridized carbons (Fsp3) is 0.778. The molecule has 1 aliphatic rings. The minimum absolute atomic E-state index is 0.301. The molecule has 0 aromatic carbocycles. The number of nitrogens with zero attached hydrogens (tertiary/aromatic N) is 4. The van der Waals surface area contributed by atoms with Gasteiger partial charge in [-0.2, -0.15) is 0 Å². The van der Waals surface area contributed by atoms with Crippen molar-refractivity contribution in [3.05, 3.63) is 0 Å². The maximum Gasteiger partial charge on any atom is 0.238 e. The van der Waals surface area contributed by atoms with E-state index < -0.39 is 5.54 Å². The topological polar surface area (TPSA) is 98.7 Å². The van der Waals surface area contributed by atoms with Crippen molar-refractivity contribution in [2.45, 2.75) is 23.5 Å². The van der Waals surface area contributed by atoms with Crippen LogP contribution in [0.4, 0.5) is 0 Å². The molecule has 3 N–H and O–H groups in total. The van der Waals surface area contributed by atoms with Crippen LogP contribution in [0.5, 0.6) is 0 Å². The molecule has 0 radical (unpaired) electrons. The number of tetrazole rings is 1. The first-order valence-corrected chi connectivity index (χ1v) is 6.42. The van der Waals surface area contributed by atoms with Crippen molar-refractivity contribution in [1.29, 1.82) is 0 Å². The van der Waals surface area contributed by atoms with Gasteiger partial charge in [-0.25, -0.2) is 4.68 Å². The minimum atomic E-state index is -0.642. The number of nitrogens with one attached hydrogen (secondary N) is 1. The van der Waals surface area contributed by atoms with E-state index in [4.69, 9.17) is 5.73 Å². The molecule has 1 unspecified atom stereocenters. The van der Waals surface area contributed by atoms with E-state index in [0.29, 0.717) is 16.8 Å². The molecule has 0 spiro atoms. The van der Waals surface area contributed by atoms with Gasteiger partial charge in [-0.05, 0) is 36.2 Å². The third-order valence-corrected chi connectivity index (χ3v) is 4.37. The Morgan fingerprint density at radius 3 is 2.82 bits per heavy atom. The monoisotopic (exact) mass is 256 g/mol. The minimum Gasteiger partial charge on any atom is -0.368 e. The number of primary amides is 1. The maximum absolute atomic E-state index is 11.7. The Bertz CT molecular complexity index is 417. The second-order valence-corrected chi connectivity index (χ2v) is 5.18. The summed E-state index contributed by atoms with van der Waals surface area (Å²) in [6, 6.07) is 0. The Morgan fingerprint density at radius 2 is 2.41 bits per heavy atom. The van der Waals surface area contributed by atoms with Crippen molar-refractivity contribution >= 4 is 17.7 Å². The summed E-state index contributed by atoms with van der Waals surface area (Å²) < 4.78 is 1.58. The molecule has 1 aromatic heterocycles. The highest BCUT2D eigenvalue weighted by molar-refractivity contribution is 7.99. The average molecular weight is 256 g/mol. The SMILES string of the molecule is CNC(CSc1nnnn1C)(C(N)=O)C1CC1. The molecule has 1 aromatic rings. The number of aromatic nitrogens is 4. The highest BCUT2D eigenvalue weighted by Gasteiger charge is 2.48. The molecule has 1 atom stereocenters. The summed E-state index contributed by atoms with van der Waals surface area (Å²) in [5.74, 6) is 0.585. The lowest BCUT2D eigenvalue weighted by atomic mass is 9.95. The van der Waals surface area contributed by atoms with Crippen LogP contribution in [-0.4, -0.2) is 44.5 Å². The van der Waals surface area contributed by atoms with Crippen molar-refractivity contribution in [2.24, 2.45) is 18.7 Å². The van der Waals surface area contributed by atoms with Gasteiger partial charge in [0.15, 0.2) is 0 Å². The molecule has 1 saturated carbocycles. The first-order chi connectivity index (χ1) is 8.10. The largest absolute Gasteiger partial charge is 0.368 e. The first kappa shape index (κ1) is 12.3. The molecule has 1 heterocycles. The average Bonchev–Trinajstić information content (AvgIpc) is 3.05. The fourth-order valence-electron chi connectivity index (χ4n) is 1.89. The Hall–Kier alpha value is -1.15. The van der Waals surface area contributed by atoms with Crippen LogP contribution in [0.1, 0.15) is 12.8 Å². The van der Waals surface area contributed by atoms with Crippen molar-refractivity contribution < 1.29 is 4.79 Å². The predicted octanol–water partition coefficient (Wildman–Crippen LogP) is -0.844. The zero-order valence-corrected chi connectivity index (χ0v) is 10.7. The molecule has 94 valence electrons. The summed E-state index contributed by atoms with van der Waals surface area (Å²) in [5.41, 5.74) is 4.89. The van der Waals surface area contributed by atoms with Crippen molar-refractivity contribution in [3.63, 3.8) is 0 Å². The lowest BCUT2D eigenvalue weighted by Crippen LogP contribution is -2.57. The van der Waals surface area contributed by atoms with Gasteiger partial charge < -0.3 is 11.1 Å². The second kappa shape index (κ2) is 4.61. The number of rotatable bonds is 6. The normalized spacial score (nSPS) is 18.9. The molecule has 0 aliphatic heterocycles. The molecule has 1 amide bonds. The molecule has 1 aliphatic carbocycles. The van der Waals surface area contributed by atoms with Crippen LogP contribution in [-0.2, 0) is 11.8 Å². The molecular weight excluding hydrogens is 240 g/mol. The molecule has 8 heteroatoms. The third-order valence-electron chi connectivity index (χ3n) is 3.17. The van der Waals surface area contributed by atoms with Gasteiger partial charge in [0.1, 0.15) is 5.54 Å². The smallest absolute Gasteiger partial charge is 0.238 e. The van der Waals surface area contributed by atoms with E-state index in [1.807, 2.05) is 0 Å². The number of aryl methyl sites for hydroxylation is 1. The quantitative estimate of drug-likeness (QED) is 0.644. The highest BCUT2D eigenvalue weighted by Crippen LogP contribution is 2.41. The Kier molecular flexibility index (Phi) is 3.34. The number of likely N-dealkylation sites (N-methyl/N-ethyl adjacent to an activating group) is 1. The molecule has 0 saturated heterocycles. The lowest BCUT2D eigenvalue weighted by Gasteiger charge is -2.29. The van der Waals surface area contributed by atoms with E-state index in [1.165, 1.54) is 11.8 Å². The molecule has 17 heavy (non-hydrogen) atoms. The van der Waals surface area contributed by atoms with Crippen molar-refractivity contribution in [3.8, 4) is 0 Å². The van der Waals surface area contributed by atoms with Crippen LogP contribution in [0.3, 0.4) is 0 Å². The zero-order chi connectivity index (χ0) is 12.5. The summed E-state index contributed by atoms with van der Waals surface area (Å²) in [6.07, 6.45) is 2.09. The van der Waals surface area contributed by atoms with E-state index in [0.717, 1.165) is 12.8 Å². The Balaban J connectivity index is 2.08. The third kappa shape index (κ3) is 2.27. The number of thioether (sulfide) groups is 1. The van der Waals surface area contributed by atoms with E-state index in [9.17, 15) is 4.79 Å². The Morgan fingerprint density at radius 1 is 1.71 bits per heavy atom. The second-order valence-electron chi connectivity index (χ2n) is 4.23. The summed E-state index contributed by atoms with van der Waals surface area (Å²) in [6.45, 7) is 0. The van der Waals surface area contributed by atoms with Gasteiger partial charge in [0, 0.05) is 12.8 Å². The maximum atomic E-state index is 11.7. The number of amides is 1. The summed E-state index contributed by atoms with van der Waals surface area (Å²) in [4.78, 5) is 11.7. The molecule has 0 bridgehead atoms. The van der Waals surface area contributed by atoms with Crippen LogP contribution in [0, 0.1) is 5.92 Å². The van der Waals surface area contributed by atoms with Gasteiger partial charge in [0.05, 0.1) is 0 Å². The van der Waals surface area contributed by atoms with Crippen LogP contribution in [0.25, 0.3) is 0 Å². The fourth-order valence-corrected chi connectivity index (χ4v) is 3.08. The van der Waals surface area contributed by atoms with Crippen LogP contribution in [0.2, 0.25) is 0 Å². The Labute approximate surface area is 104 Å². The summed E-state index contributed by atoms with van der Waals surface area (Å²) >= 11 is 1.45. The molecule has 1 fully saturated rings. The van der Waals surface area contributed by atoms with Crippen LogP contribution >= 0.6 is 11.8 Å². The molecule has 7 nitrogen and oxygen atoms in total. The van der Waals surface area contributed by atoms with Crippen LogP contribution in [0.15, 0.2) is 5.16 Å². The predicted molar refractivity (Wildman–Crippen MR) is 63.2 cm³/mol.